The molecule has 0 aromatic heterocycles. The minimum atomic E-state index is -0.778. The first-order valence-electron chi connectivity index (χ1n) is 21.6. The highest BCUT2D eigenvalue weighted by Crippen LogP contribution is 2.13. The second kappa shape index (κ2) is 41.1. The zero-order chi connectivity index (χ0) is 38.0. The second-order valence-electron chi connectivity index (χ2n) is 14.2. The number of unbranched alkanes of at least 4 members (excludes halogenated alkanes) is 19. The molecule has 0 spiro atoms. The molecule has 0 radical (unpaired) electrons. The molecule has 6 heteroatoms. The lowest BCUT2D eigenvalue weighted by molar-refractivity contribution is -0.167. The van der Waals surface area contributed by atoms with E-state index >= 15 is 0 Å². The molecular formula is C46H80O6. The van der Waals surface area contributed by atoms with Crippen molar-refractivity contribution in [3.05, 3.63) is 48.6 Å². The van der Waals surface area contributed by atoms with E-state index in [1.54, 1.807) is 0 Å². The van der Waals surface area contributed by atoms with Crippen LogP contribution in [0, 0.1) is 0 Å². The Labute approximate surface area is 320 Å². The van der Waals surface area contributed by atoms with E-state index < -0.39 is 6.10 Å². The Kier molecular flexibility index (Phi) is 39.1. The number of carbonyl (C=O) groups is 3. The molecule has 0 heterocycles. The van der Waals surface area contributed by atoms with Gasteiger partial charge in [-0.05, 0) is 77.0 Å². The number of esters is 3. The van der Waals surface area contributed by atoms with Crippen LogP contribution >= 0.6 is 0 Å². The quantitative estimate of drug-likeness (QED) is 0.0272. The van der Waals surface area contributed by atoms with Gasteiger partial charge in [0.05, 0.1) is 0 Å². The van der Waals surface area contributed by atoms with Crippen LogP contribution in [0.2, 0.25) is 0 Å². The number of hydrogen-bond donors (Lipinski definition) is 0. The smallest absolute Gasteiger partial charge is 0.306 e. The number of rotatable bonds is 38. The lowest BCUT2D eigenvalue weighted by Gasteiger charge is -2.18. The Morgan fingerprint density at radius 3 is 1.23 bits per heavy atom. The van der Waals surface area contributed by atoms with E-state index in [4.69, 9.17) is 14.2 Å². The summed E-state index contributed by atoms with van der Waals surface area (Å²) >= 11 is 0. The highest BCUT2D eigenvalue weighted by atomic mass is 16.6. The minimum Gasteiger partial charge on any atom is -0.462 e. The normalized spacial score (nSPS) is 12.4. The first-order chi connectivity index (χ1) is 25.5. The molecule has 0 aliphatic heterocycles. The predicted molar refractivity (Wildman–Crippen MR) is 219 cm³/mol. The SMILES string of the molecule is CC/C=C\C/C=C\C/C=C\CCCCCCCC(=O)OCC(COC(=O)CCCCCCCCC)OC(=O)CCCCCCC/C=C\CCCCC. The Bertz CT molecular complexity index is 933. The Balaban J connectivity index is 4.36. The molecule has 52 heavy (non-hydrogen) atoms. The van der Waals surface area contributed by atoms with Crippen molar-refractivity contribution in [3.8, 4) is 0 Å². The molecule has 0 aromatic rings. The number of hydrogen-bond acceptors (Lipinski definition) is 6. The van der Waals surface area contributed by atoms with Crippen molar-refractivity contribution in [1.82, 2.24) is 0 Å². The first-order valence-corrected chi connectivity index (χ1v) is 21.6. The van der Waals surface area contributed by atoms with Crippen LogP contribution in [0.1, 0.15) is 207 Å². The molecule has 0 saturated heterocycles. The molecule has 0 saturated carbocycles. The van der Waals surface area contributed by atoms with Gasteiger partial charge in [0.1, 0.15) is 13.2 Å². The molecule has 0 aromatic carbocycles. The summed E-state index contributed by atoms with van der Waals surface area (Å²) in [4.78, 5) is 37.5. The van der Waals surface area contributed by atoms with Gasteiger partial charge in [0.15, 0.2) is 6.10 Å². The maximum Gasteiger partial charge on any atom is 0.306 e. The van der Waals surface area contributed by atoms with E-state index in [9.17, 15) is 14.4 Å². The van der Waals surface area contributed by atoms with Crippen LogP contribution in [0.5, 0.6) is 0 Å². The minimum absolute atomic E-state index is 0.0820. The third-order valence-corrected chi connectivity index (χ3v) is 9.07. The van der Waals surface area contributed by atoms with Gasteiger partial charge in [-0.1, -0.05) is 159 Å². The Hall–Kier alpha value is -2.63. The highest BCUT2D eigenvalue weighted by molar-refractivity contribution is 5.71. The molecular weight excluding hydrogens is 648 g/mol. The van der Waals surface area contributed by atoms with Gasteiger partial charge < -0.3 is 14.2 Å². The van der Waals surface area contributed by atoms with Crippen molar-refractivity contribution in [2.45, 2.75) is 213 Å². The molecule has 0 fully saturated rings. The third kappa shape index (κ3) is 38.6. The van der Waals surface area contributed by atoms with Crippen molar-refractivity contribution in [3.63, 3.8) is 0 Å². The monoisotopic (exact) mass is 729 g/mol. The molecule has 0 aliphatic rings. The summed E-state index contributed by atoms with van der Waals surface area (Å²) in [6.07, 6.45) is 46.7. The maximum absolute atomic E-state index is 12.7. The number of ether oxygens (including phenoxy) is 3. The van der Waals surface area contributed by atoms with Gasteiger partial charge in [-0.15, -0.1) is 0 Å². The van der Waals surface area contributed by atoms with Gasteiger partial charge in [0, 0.05) is 19.3 Å². The summed E-state index contributed by atoms with van der Waals surface area (Å²) < 4.78 is 16.6. The van der Waals surface area contributed by atoms with Crippen molar-refractivity contribution in [2.75, 3.05) is 13.2 Å². The van der Waals surface area contributed by atoms with Crippen LogP contribution in [0.4, 0.5) is 0 Å². The molecule has 300 valence electrons. The summed E-state index contributed by atoms with van der Waals surface area (Å²) in [6.45, 7) is 6.42. The predicted octanol–water partition coefficient (Wildman–Crippen LogP) is 13.6. The van der Waals surface area contributed by atoms with Crippen molar-refractivity contribution in [1.29, 1.82) is 0 Å². The average Bonchev–Trinajstić information content (AvgIpc) is 3.14. The molecule has 1 atom stereocenters. The number of carbonyl (C=O) groups excluding carboxylic acids is 3. The van der Waals surface area contributed by atoms with Gasteiger partial charge in [0.2, 0.25) is 0 Å². The van der Waals surface area contributed by atoms with Crippen molar-refractivity contribution >= 4 is 17.9 Å². The van der Waals surface area contributed by atoms with Crippen molar-refractivity contribution < 1.29 is 28.6 Å². The molecule has 1 unspecified atom stereocenters. The fraction of sp³-hybridized carbons (Fsp3) is 0.761. The van der Waals surface area contributed by atoms with Crippen molar-refractivity contribution in [2.24, 2.45) is 0 Å². The molecule has 0 rings (SSSR count). The summed E-state index contributed by atoms with van der Waals surface area (Å²) in [5.74, 6) is -0.919. The summed E-state index contributed by atoms with van der Waals surface area (Å²) in [7, 11) is 0. The maximum atomic E-state index is 12.7. The second-order valence-corrected chi connectivity index (χ2v) is 14.2. The molecule has 0 aliphatic carbocycles. The highest BCUT2D eigenvalue weighted by Gasteiger charge is 2.19. The van der Waals surface area contributed by atoms with E-state index in [2.05, 4.69) is 69.4 Å². The third-order valence-electron chi connectivity index (χ3n) is 9.07. The lowest BCUT2D eigenvalue weighted by Crippen LogP contribution is -2.30. The van der Waals surface area contributed by atoms with Crippen LogP contribution in [-0.2, 0) is 28.6 Å². The molecule has 0 bridgehead atoms. The van der Waals surface area contributed by atoms with Gasteiger partial charge in [-0.2, -0.15) is 0 Å². The van der Waals surface area contributed by atoms with Gasteiger partial charge in [0.25, 0.3) is 0 Å². The largest absolute Gasteiger partial charge is 0.462 e. The van der Waals surface area contributed by atoms with Crippen LogP contribution in [0.3, 0.4) is 0 Å². The van der Waals surface area contributed by atoms with E-state index in [1.807, 2.05) is 0 Å². The zero-order valence-corrected chi connectivity index (χ0v) is 34.1. The van der Waals surface area contributed by atoms with Crippen LogP contribution in [0.25, 0.3) is 0 Å². The molecule has 6 nitrogen and oxygen atoms in total. The van der Waals surface area contributed by atoms with Crippen LogP contribution in [-0.4, -0.2) is 37.2 Å². The van der Waals surface area contributed by atoms with E-state index in [-0.39, 0.29) is 31.1 Å². The van der Waals surface area contributed by atoms with Gasteiger partial charge in [-0.25, -0.2) is 0 Å². The fourth-order valence-electron chi connectivity index (χ4n) is 5.80. The first kappa shape index (κ1) is 49.4. The van der Waals surface area contributed by atoms with Gasteiger partial charge >= 0.3 is 17.9 Å². The zero-order valence-electron chi connectivity index (χ0n) is 34.1. The number of allylic oxidation sites excluding steroid dienone is 8. The van der Waals surface area contributed by atoms with Gasteiger partial charge in [-0.3, -0.25) is 14.4 Å². The van der Waals surface area contributed by atoms with E-state index in [0.717, 1.165) is 109 Å². The lowest BCUT2D eigenvalue weighted by atomic mass is 10.1. The average molecular weight is 729 g/mol. The van der Waals surface area contributed by atoms with E-state index in [0.29, 0.717) is 19.3 Å². The molecule has 0 amide bonds. The van der Waals surface area contributed by atoms with E-state index in [1.165, 1.54) is 57.8 Å². The van der Waals surface area contributed by atoms with Crippen LogP contribution in [0.15, 0.2) is 48.6 Å². The standard InChI is InChI=1S/C46H80O6/c1-4-7-10-13-16-18-20-22-23-24-26-27-30-33-36-39-45(48)51-42-43(41-50-44(47)38-35-32-29-15-12-9-6-3)52-46(49)40-37-34-31-28-25-21-19-17-14-11-8-5-2/h7,10,16-19,22-23,43H,4-6,8-9,11-15,20-21,24-42H2,1-3H3/b10-7-,18-16-,19-17-,23-22-. The summed E-state index contributed by atoms with van der Waals surface area (Å²) in [6, 6.07) is 0. The summed E-state index contributed by atoms with van der Waals surface area (Å²) in [5, 5.41) is 0. The van der Waals surface area contributed by atoms with Crippen LogP contribution < -0.4 is 0 Å². The fourth-order valence-corrected chi connectivity index (χ4v) is 5.80. The summed E-state index contributed by atoms with van der Waals surface area (Å²) in [5.41, 5.74) is 0. The topological polar surface area (TPSA) is 78.9 Å². The molecule has 0 N–H and O–H groups in total. The Morgan fingerprint density at radius 1 is 0.404 bits per heavy atom. The Morgan fingerprint density at radius 2 is 0.750 bits per heavy atom.